The molecule has 0 saturated carbocycles. The summed E-state index contributed by atoms with van der Waals surface area (Å²) in [4.78, 5) is 11.8. The van der Waals surface area contributed by atoms with Gasteiger partial charge in [0.1, 0.15) is 5.51 Å². The van der Waals surface area contributed by atoms with E-state index in [0.29, 0.717) is 10.7 Å². The standard InChI is InChI=1S/C12H11N3OS/c1-9(7-10-5-3-2-4-6-10)11(16)14-12-15-13-8-17-12/h2-8H,1H3,(H,14,15,16). The van der Waals surface area contributed by atoms with Gasteiger partial charge >= 0.3 is 0 Å². The monoisotopic (exact) mass is 245 g/mol. The van der Waals surface area contributed by atoms with Gasteiger partial charge in [-0.2, -0.15) is 0 Å². The number of amides is 1. The van der Waals surface area contributed by atoms with Crippen molar-refractivity contribution in [3.8, 4) is 0 Å². The minimum atomic E-state index is -0.161. The fraction of sp³-hybridized carbons (Fsp3) is 0.0833. The van der Waals surface area contributed by atoms with Crippen molar-refractivity contribution >= 4 is 28.5 Å². The molecule has 0 fully saturated rings. The molecule has 2 rings (SSSR count). The van der Waals surface area contributed by atoms with E-state index < -0.39 is 0 Å². The third-order valence-corrected chi connectivity index (χ3v) is 2.73. The Balaban J connectivity index is 2.07. The number of benzene rings is 1. The zero-order valence-corrected chi connectivity index (χ0v) is 10.1. The van der Waals surface area contributed by atoms with E-state index in [9.17, 15) is 4.79 Å². The molecule has 5 heteroatoms. The number of aromatic nitrogens is 2. The first kappa shape index (κ1) is 11.5. The van der Waals surface area contributed by atoms with Gasteiger partial charge in [-0.25, -0.2) is 0 Å². The minimum absolute atomic E-state index is 0.161. The lowest BCUT2D eigenvalue weighted by Crippen LogP contribution is -2.12. The maximum Gasteiger partial charge on any atom is 0.253 e. The molecule has 0 aliphatic rings. The van der Waals surface area contributed by atoms with Gasteiger partial charge in [-0.3, -0.25) is 10.1 Å². The number of hydrogen-bond acceptors (Lipinski definition) is 4. The van der Waals surface area contributed by atoms with Crippen molar-refractivity contribution in [1.29, 1.82) is 0 Å². The van der Waals surface area contributed by atoms with Gasteiger partial charge in [0, 0.05) is 5.57 Å². The normalized spacial score (nSPS) is 11.2. The molecule has 0 aliphatic heterocycles. The first-order chi connectivity index (χ1) is 8.25. The van der Waals surface area contributed by atoms with Crippen molar-refractivity contribution in [3.63, 3.8) is 0 Å². The number of rotatable bonds is 3. The summed E-state index contributed by atoms with van der Waals surface area (Å²) in [5.41, 5.74) is 3.20. The zero-order valence-electron chi connectivity index (χ0n) is 9.25. The molecule has 1 aromatic carbocycles. The van der Waals surface area contributed by atoms with Crippen LogP contribution in [0, 0.1) is 0 Å². The summed E-state index contributed by atoms with van der Waals surface area (Å²) in [6.07, 6.45) is 1.83. The average molecular weight is 245 g/mol. The lowest BCUT2D eigenvalue weighted by Gasteiger charge is -2.01. The first-order valence-electron chi connectivity index (χ1n) is 5.06. The van der Waals surface area contributed by atoms with Gasteiger partial charge in [-0.1, -0.05) is 41.7 Å². The Morgan fingerprint density at radius 3 is 2.76 bits per heavy atom. The van der Waals surface area contributed by atoms with Crippen LogP contribution in [0.5, 0.6) is 0 Å². The lowest BCUT2D eigenvalue weighted by molar-refractivity contribution is -0.112. The summed E-state index contributed by atoms with van der Waals surface area (Å²) >= 11 is 1.29. The van der Waals surface area contributed by atoms with Crippen LogP contribution in [0.4, 0.5) is 5.13 Å². The topological polar surface area (TPSA) is 54.9 Å². The van der Waals surface area contributed by atoms with Crippen LogP contribution in [-0.4, -0.2) is 16.1 Å². The quantitative estimate of drug-likeness (QED) is 0.845. The summed E-state index contributed by atoms with van der Waals surface area (Å²) in [6.45, 7) is 1.77. The second kappa shape index (κ2) is 5.36. The van der Waals surface area contributed by atoms with E-state index in [1.165, 1.54) is 11.3 Å². The Labute approximate surface area is 103 Å². The Morgan fingerprint density at radius 1 is 1.35 bits per heavy atom. The van der Waals surface area contributed by atoms with Crippen LogP contribution in [0.1, 0.15) is 12.5 Å². The van der Waals surface area contributed by atoms with E-state index >= 15 is 0 Å². The smallest absolute Gasteiger partial charge is 0.253 e. The molecule has 1 amide bonds. The Bertz CT molecular complexity index is 520. The third kappa shape index (κ3) is 3.22. The molecule has 0 radical (unpaired) electrons. The van der Waals surface area contributed by atoms with E-state index in [4.69, 9.17) is 0 Å². The summed E-state index contributed by atoms with van der Waals surface area (Å²) in [7, 11) is 0. The molecule has 17 heavy (non-hydrogen) atoms. The molecular weight excluding hydrogens is 234 g/mol. The highest BCUT2D eigenvalue weighted by Crippen LogP contribution is 2.11. The summed E-state index contributed by atoms with van der Waals surface area (Å²) < 4.78 is 0. The summed E-state index contributed by atoms with van der Waals surface area (Å²) in [6, 6.07) is 9.70. The van der Waals surface area contributed by atoms with Gasteiger partial charge < -0.3 is 0 Å². The van der Waals surface area contributed by atoms with Crippen LogP contribution < -0.4 is 5.32 Å². The predicted octanol–water partition coefficient (Wildman–Crippen LogP) is 2.58. The average Bonchev–Trinajstić information content (AvgIpc) is 2.83. The highest BCUT2D eigenvalue weighted by Gasteiger charge is 2.06. The van der Waals surface area contributed by atoms with Crippen LogP contribution in [-0.2, 0) is 4.79 Å². The molecule has 86 valence electrons. The molecule has 1 heterocycles. The Morgan fingerprint density at radius 2 is 2.12 bits per heavy atom. The van der Waals surface area contributed by atoms with E-state index in [0.717, 1.165) is 5.56 Å². The van der Waals surface area contributed by atoms with Gasteiger partial charge in [0.2, 0.25) is 5.13 Å². The van der Waals surface area contributed by atoms with Crippen molar-refractivity contribution in [2.75, 3.05) is 5.32 Å². The largest absolute Gasteiger partial charge is 0.297 e. The van der Waals surface area contributed by atoms with Crippen LogP contribution >= 0.6 is 11.3 Å². The third-order valence-electron chi connectivity index (χ3n) is 2.12. The number of nitrogens with zero attached hydrogens (tertiary/aromatic N) is 2. The maximum atomic E-state index is 11.8. The molecule has 1 aromatic heterocycles. The van der Waals surface area contributed by atoms with Crippen molar-refractivity contribution in [2.24, 2.45) is 0 Å². The highest BCUT2D eigenvalue weighted by molar-refractivity contribution is 7.13. The molecular formula is C12H11N3OS. The fourth-order valence-corrected chi connectivity index (χ4v) is 1.73. The van der Waals surface area contributed by atoms with Gasteiger partial charge in [-0.05, 0) is 18.6 Å². The van der Waals surface area contributed by atoms with Crippen LogP contribution in [0.2, 0.25) is 0 Å². The minimum Gasteiger partial charge on any atom is -0.297 e. The van der Waals surface area contributed by atoms with E-state index in [2.05, 4.69) is 15.5 Å². The van der Waals surface area contributed by atoms with Crippen molar-refractivity contribution in [3.05, 3.63) is 47.0 Å². The molecule has 1 N–H and O–H groups in total. The molecule has 0 saturated heterocycles. The Kier molecular flexibility index (Phi) is 3.62. The molecule has 0 unspecified atom stereocenters. The molecule has 4 nitrogen and oxygen atoms in total. The maximum absolute atomic E-state index is 11.8. The lowest BCUT2D eigenvalue weighted by atomic mass is 10.1. The fourth-order valence-electron chi connectivity index (χ4n) is 1.29. The van der Waals surface area contributed by atoms with Crippen molar-refractivity contribution in [2.45, 2.75) is 6.92 Å². The highest BCUT2D eigenvalue weighted by atomic mass is 32.1. The van der Waals surface area contributed by atoms with E-state index in [1.54, 1.807) is 12.4 Å². The van der Waals surface area contributed by atoms with Gasteiger partial charge in [0.25, 0.3) is 5.91 Å². The van der Waals surface area contributed by atoms with E-state index in [-0.39, 0.29) is 5.91 Å². The summed E-state index contributed by atoms with van der Waals surface area (Å²) in [5.74, 6) is -0.161. The number of hydrogen-bond donors (Lipinski definition) is 1. The molecule has 0 aliphatic carbocycles. The number of carbonyl (C=O) groups excluding carboxylic acids is 1. The molecule has 0 bridgehead atoms. The first-order valence-corrected chi connectivity index (χ1v) is 5.94. The van der Waals surface area contributed by atoms with Gasteiger partial charge in [0.15, 0.2) is 0 Å². The van der Waals surface area contributed by atoms with Crippen LogP contribution in [0.25, 0.3) is 6.08 Å². The second-order valence-corrected chi connectivity index (χ2v) is 4.27. The van der Waals surface area contributed by atoms with Crippen molar-refractivity contribution in [1.82, 2.24) is 10.2 Å². The predicted molar refractivity (Wildman–Crippen MR) is 68.6 cm³/mol. The summed E-state index contributed by atoms with van der Waals surface area (Å²) in [5, 5.41) is 10.6. The van der Waals surface area contributed by atoms with Crippen LogP contribution in [0.3, 0.4) is 0 Å². The molecule has 0 atom stereocenters. The molecule has 2 aromatic rings. The van der Waals surface area contributed by atoms with Crippen molar-refractivity contribution < 1.29 is 4.79 Å². The SMILES string of the molecule is CC(=Cc1ccccc1)C(=O)Nc1nncs1. The number of carbonyl (C=O) groups is 1. The van der Waals surface area contributed by atoms with Gasteiger partial charge in [-0.15, -0.1) is 10.2 Å². The Hall–Kier alpha value is -2.01. The second-order valence-electron chi connectivity index (χ2n) is 3.44. The van der Waals surface area contributed by atoms with E-state index in [1.807, 2.05) is 36.4 Å². The molecule has 0 spiro atoms. The zero-order chi connectivity index (χ0) is 12.1. The van der Waals surface area contributed by atoms with Gasteiger partial charge in [0.05, 0.1) is 0 Å². The number of anilines is 1. The van der Waals surface area contributed by atoms with Crippen LogP contribution in [0.15, 0.2) is 41.4 Å². The number of nitrogens with one attached hydrogen (secondary N) is 1.